The maximum Gasteiger partial charge on any atom is 0.410 e. The van der Waals surface area contributed by atoms with E-state index in [0.29, 0.717) is 42.3 Å². The SMILES string of the molecule is CC(C)(C)OC(=O)N1CCc2ccc(S(=O)(=O)c3cccc(O[Si](C)(C)C(C)(C)C)c3)cc2CC1.CC(C)(C)[Si](C)(C)Oc1cccc(S(=O)(=O)c2ccc3c(c2)CCNCC3)c1. The normalized spacial score (nSPS) is 15.4. The topological polar surface area (TPSA) is 128 Å². The lowest BCUT2D eigenvalue weighted by atomic mass is 10.0. The summed E-state index contributed by atoms with van der Waals surface area (Å²) in [5.74, 6) is 1.21. The first-order valence-electron chi connectivity index (χ1n) is 22.0. The number of sulfone groups is 2. The minimum atomic E-state index is -3.72. The van der Waals surface area contributed by atoms with Gasteiger partial charge in [0.2, 0.25) is 36.3 Å². The number of hydrogen-bond acceptors (Lipinski definition) is 9. The van der Waals surface area contributed by atoms with Crippen LogP contribution in [0.2, 0.25) is 36.3 Å². The van der Waals surface area contributed by atoms with E-state index in [4.69, 9.17) is 13.6 Å². The van der Waals surface area contributed by atoms with Gasteiger partial charge in [-0.2, -0.15) is 0 Å². The first kappa shape index (κ1) is 50.0. The molecule has 6 rings (SSSR count). The van der Waals surface area contributed by atoms with Gasteiger partial charge < -0.3 is 23.8 Å². The Morgan fingerprint density at radius 2 is 0.921 bits per heavy atom. The second-order valence-electron chi connectivity index (χ2n) is 20.8. The van der Waals surface area contributed by atoms with Crippen molar-refractivity contribution in [3.05, 3.63) is 107 Å². The molecule has 0 aromatic heterocycles. The van der Waals surface area contributed by atoms with Crippen LogP contribution in [0.5, 0.6) is 11.5 Å². The molecule has 1 amide bonds. The Kier molecular flexibility index (Phi) is 15.0. The first-order valence-corrected chi connectivity index (χ1v) is 30.8. The maximum atomic E-state index is 13.5. The largest absolute Gasteiger partial charge is 0.543 e. The average Bonchev–Trinajstić information content (AvgIpc) is 3.55. The molecule has 1 N–H and O–H groups in total. The monoisotopic (exact) mass is 934 g/mol. The number of fused-ring (bicyclic) bond motifs is 2. The number of carbonyl (C=O) groups is 1. The molecule has 2 aliphatic rings. The van der Waals surface area contributed by atoms with E-state index in [2.05, 4.69) is 73.0 Å². The molecule has 14 heteroatoms. The van der Waals surface area contributed by atoms with E-state index in [1.54, 1.807) is 59.5 Å². The molecule has 0 aliphatic carbocycles. The summed E-state index contributed by atoms with van der Waals surface area (Å²) in [6.45, 7) is 30.0. The summed E-state index contributed by atoms with van der Waals surface area (Å²) in [4.78, 5) is 15.3. The third kappa shape index (κ3) is 12.4. The number of ether oxygens (including phenoxy) is 1. The van der Waals surface area contributed by atoms with Crippen LogP contribution >= 0.6 is 0 Å². The fourth-order valence-corrected chi connectivity index (χ4v) is 11.5. The van der Waals surface area contributed by atoms with Crippen molar-refractivity contribution in [1.82, 2.24) is 10.2 Å². The zero-order chi connectivity index (χ0) is 46.8. The summed E-state index contributed by atoms with van der Waals surface area (Å²) in [7, 11) is -11.4. The molecule has 63 heavy (non-hydrogen) atoms. The molecule has 0 fully saturated rings. The van der Waals surface area contributed by atoms with Gasteiger partial charge in [-0.25, -0.2) is 21.6 Å². The molecule has 0 saturated carbocycles. The van der Waals surface area contributed by atoms with Gasteiger partial charge in [0.1, 0.15) is 17.1 Å². The smallest absolute Gasteiger partial charge is 0.410 e. The van der Waals surface area contributed by atoms with E-state index in [1.165, 1.54) is 5.56 Å². The van der Waals surface area contributed by atoms with Crippen LogP contribution in [0.1, 0.15) is 84.6 Å². The summed E-state index contributed by atoms with van der Waals surface area (Å²) < 4.78 is 71.7. The Hall–Kier alpha value is -3.96. The zero-order valence-electron chi connectivity index (χ0n) is 39.8. The highest BCUT2D eigenvalue weighted by Crippen LogP contribution is 2.39. The quantitative estimate of drug-likeness (QED) is 0.172. The van der Waals surface area contributed by atoms with Crippen molar-refractivity contribution < 1.29 is 35.2 Å². The summed E-state index contributed by atoms with van der Waals surface area (Å²) >= 11 is 0. The minimum absolute atomic E-state index is 0.00602. The molecule has 4 aromatic rings. The van der Waals surface area contributed by atoms with Crippen LogP contribution < -0.4 is 14.2 Å². The summed E-state index contributed by atoms with van der Waals surface area (Å²) in [5, 5.41) is 3.42. The summed E-state index contributed by atoms with van der Waals surface area (Å²) in [5.41, 5.74) is 3.81. The van der Waals surface area contributed by atoms with Crippen molar-refractivity contribution in [2.75, 3.05) is 26.2 Å². The summed E-state index contributed by atoms with van der Waals surface area (Å²) in [6, 6.07) is 24.6. The molecule has 0 radical (unpaired) electrons. The number of nitrogens with zero attached hydrogens (tertiary/aromatic N) is 1. The van der Waals surface area contributed by atoms with E-state index < -0.39 is 41.9 Å². The molecular weight excluding hydrogens is 865 g/mol. The highest BCUT2D eigenvalue weighted by Gasteiger charge is 2.40. The maximum absolute atomic E-state index is 13.5. The van der Waals surface area contributed by atoms with Gasteiger partial charge in [0, 0.05) is 13.1 Å². The second-order valence-corrected chi connectivity index (χ2v) is 34.1. The van der Waals surface area contributed by atoms with E-state index in [0.717, 1.165) is 42.6 Å². The molecular formula is C49H70N2O8S2Si2. The van der Waals surface area contributed by atoms with E-state index in [-0.39, 0.29) is 30.9 Å². The van der Waals surface area contributed by atoms with E-state index in [1.807, 2.05) is 51.1 Å². The predicted molar refractivity (Wildman–Crippen MR) is 258 cm³/mol. The van der Waals surface area contributed by atoms with Crippen LogP contribution in [0.15, 0.2) is 105 Å². The third-order valence-corrected chi connectivity index (χ3v) is 24.9. The van der Waals surface area contributed by atoms with Gasteiger partial charge in [0.05, 0.1) is 19.6 Å². The minimum Gasteiger partial charge on any atom is -0.543 e. The lowest BCUT2D eigenvalue weighted by molar-refractivity contribution is 0.0258. The van der Waals surface area contributed by atoms with Crippen LogP contribution in [0.4, 0.5) is 4.79 Å². The fraction of sp³-hybridized carbons (Fsp3) is 0.490. The van der Waals surface area contributed by atoms with Crippen molar-refractivity contribution in [3.8, 4) is 11.5 Å². The molecule has 0 saturated heterocycles. The Balaban J connectivity index is 0.000000243. The highest BCUT2D eigenvalue weighted by atomic mass is 32.2. The van der Waals surface area contributed by atoms with Crippen LogP contribution in [0.3, 0.4) is 0 Å². The van der Waals surface area contributed by atoms with Crippen LogP contribution in [-0.2, 0) is 50.1 Å². The van der Waals surface area contributed by atoms with Gasteiger partial charge in [-0.3, -0.25) is 0 Å². The molecule has 344 valence electrons. The first-order chi connectivity index (χ1) is 29.0. The predicted octanol–water partition coefficient (Wildman–Crippen LogP) is 10.8. The number of hydrogen-bond donors (Lipinski definition) is 1. The number of rotatable bonds is 8. The van der Waals surface area contributed by atoms with Gasteiger partial charge >= 0.3 is 6.09 Å². The number of carbonyl (C=O) groups excluding carboxylic acids is 1. The van der Waals surface area contributed by atoms with Crippen LogP contribution in [-0.4, -0.2) is 76.2 Å². The highest BCUT2D eigenvalue weighted by molar-refractivity contribution is 7.91. The van der Waals surface area contributed by atoms with Gasteiger partial charge in [0.15, 0.2) is 0 Å². The van der Waals surface area contributed by atoms with E-state index in [9.17, 15) is 21.6 Å². The Bertz CT molecular complexity index is 2500. The standard InChI is InChI=1S/C27H39NO5SSi.C22H31NO3SSi/c1-26(2,3)32-25(29)28-16-14-20-12-13-24(18-21(20)15-17-28)34(30,31)23-11-9-10-22(19-23)33-35(7,8)27(4,5)6;1-22(2,3)28(4,5)26-19-7-6-8-20(16-19)27(24,25)21-10-9-17-11-13-23-14-12-18(17)15-21/h9-13,18-19H,14-17H2,1-8H3;6-10,15-16,23H,11-14H2,1-5H3. The Morgan fingerprint density at radius 3 is 1.35 bits per heavy atom. The van der Waals surface area contributed by atoms with Crippen molar-refractivity contribution in [3.63, 3.8) is 0 Å². The molecule has 0 unspecified atom stereocenters. The van der Waals surface area contributed by atoms with Crippen molar-refractivity contribution in [2.45, 2.75) is 149 Å². The Labute approximate surface area is 380 Å². The van der Waals surface area contributed by atoms with Crippen molar-refractivity contribution in [1.29, 1.82) is 0 Å². The third-order valence-electron chi connectivity index (χ3n) is 12.7. The van der Waals surface area contributed by atoms with Gasteiger partial charge in [-0.1, -0.05) is 65.8 Å². The number of benzene rings is 4. The van der Waals surface area contributed by atoms with Gasteiger partial charge in [0.25, 0.3) is 0 Å². The van der Waals surface area contributed by atoms with E-state index >= 15 is 0 Å². The molecule has 4 aromatic carbocycles. The molecule has 10 nitrogen and oxygen atoms in total. The lowest BCUT2D eigenvalue weighted by Crippen LogP contribution is -2.43. The molecule has 0 atom stereocenters. The van der Waals surface area contributed by atoms with Crippen molar-refractivity contribution in [2.24, 2.45) is 0 Å². The molecule has 0 spiro atoms. The average molecular weight is 935 g/mol. The fourth-order valence-electron chi connectivity index (χ4n) is 6.77. The number of amides is 1. The van der Waals surface area contributed by atoms with Gasteiger partial charge in [-0.05, 0) is 179 Å². The second kappa shape index (κ2) is 18.9. The van der Waals surface area contributed by atoms with Gasteiger partial charge in [-0.15, -0.1) is 0 Å². The number of nitrogens with one attached hydrogen (secondary N) is 1. The Morgan fingerprint density at radius 1 is 0.540 bits per heavy atom. The van der Waals surface area contributed by atoms with Crippen LogP contribution in [0, 0.1) is 0 Å². The molecule has 2 heterocycles. The summed E-state index contributed by atoms with van der Waals surface area (Å²) in [6.07, 6.45) is 2.69. The zero-order valence-corrected chi connectivity index (χ0v) is 43.4. The molecule has 2 aliphatic heterocycles. The molecule has 0 bridgehead atoms. The van der Waals surface area contributed by atoms with Crippen molar-refractivity contribution >= 4 is 42.4 Å². The lowest BCUT2D eigenvalue weighted by Gasteiger charge is -2.36. The van der Waals surface area contributed by atoms with Crippen LogP contribution in [0.25, 0.3) is 0 Å².